The highest BCUT2D eigenvalue weighted by Gasteiger charge is 2.37. The van der Waals surface area contributed by atoms with Gasteiger partial charge in [0.1, 0.15) is 12.1 Å². The first-order valence-electron chi connectivity index (χ1n) is 12.0. The number of ether oxygens (including phenoxy) is 2. The minimum atomic E-state index is -0.176. The maximum Gasteiger partial charge on any atom is 0.194 e. The van der Waals surface area contributed by atoms with Gasteiger partial charge in [-0.2, -0.15) is 0 Å². The number of aliphatic imine (C=N–C) groups is 2. The Balaban J connectivity index is 1.29. The predicted octanol–water partition coefficient (Wildman–Crippen LogP) is 7.20. The molecular weight excluding hydrogens is 432 g/mol. The van der Waals surface area contributed by atoms with Gasteiger partial charge in [-0.15, -0.1) is 0 Å². The van der Waals surface area contributed by atoms with Gasteiger partial charge in [-0.05, 0) is 22.3 Å². The van der Waals surface area contributed by atoms with Crippen molar-refractivity contribution in [3.63, 3.8) is 0 Å². The number of hydrogen-bond donors (Lipinski definition) is 0. The van der Waals surface area contributed by atoms with E-state index in [9.17, 15) is 0 Å². The molecule has 0 aliphatic carbocycles. The van der Waals surface area contributed by atoms with Crippen molar-refractivity contribution >= 4 is 11.8 Å². The molecule has 0 saturated heterocycles. The van der Waals surface area contributed by atoms with Gasteiger partial charge in [0, 0.05) is 0 Å². The molecular formula is C31H26N2O2. The van der Waals surface area contributed by atoms with E-state index in [0.717, 1.165) is 22.3 Å². The van der Waals surface area contributed by atoms with Crippen molar-refractivity contribution in [2.24, 2.45) is 9.98 Å². The van der Waals surface area contributed by atoms with Crippen LogP contribution in [0.25, 0.3) is 0 Å². The Hall–Kier alpha value is -4.18. The van der Waals surface area contributed by atoms with Gasteiger partial charge in [-0.3, -0.25) is 0 Å². The number of rotatable bonds is 6. The zero-order valence-electron chi connectivity index (χ0n) is 19.3. The van der Waals surface area contributed by atoms with Crippen LogP contribution < -0.4 is 0 Å². The summed E-state index contributed by atoms with van der Waals surface area (Å²) >= 11 is 0. The van der Waals surface area contributed by atoms with Crippen LogP contribution in [0.15, 0.2) is 131 Å². The molecule has 0 aromatic heterocycles. The van der Waals surface area contributed by atoms with Crippen molar-refractivity contribution in [1.29, 1.82) is 0 Å². The van der Waals surface area contributed by atoms with E-state index in [-0.39, 0.29) is 24.3 Å². The first kappa shape index (κ1) is 21.4. The Bertz CT molecular complexity index is 1220. The van der Waals surface area contributed by atoms with Gasteiger partial charge in [0.2, 0.25) is 0 Å². The summed E-state index contributed by atoms with van der Waals surface area (Å²) in [4.78, 5) is 10.0. The van der Waals surface area contributed by atoms with Crippen molar-refractivity contribution in [2.75, 3.05) is 0 Å². The van der Waals surface area contributed by atoms with E-state index in [2.05, 4.69) is 48.5 Å². The molecule has 4 heteroatoms. The molecule has 4 atom stereocenters. The number of nitrogens with zero attached hydrogens (tertiary/aromatic N) is 2. The van der Waals surface area contributed by atoms with Gasteiger partial charge < -0.3 is 9.47 Å². The van der Waals surface area contributed by atoms with Crippen LogP contribution in [-0.4, -0.2) is 11.8 Å². The van der Waals surface area contributed by atoms with E-state index < -0.39 is 0 Å². The minimum absolute atomic E-state index is 0.106. The number of hydrogen-bond acceptors (Lipinski definition) is 4. The summed E-state index contributed by atoms with van der Waals surface area (Å²) in [7, 11) is 0. The highest BCUT2D eigenvalue weighted by atomic mass is 16.5. The lowest BCUT2D eigenvalue weighted by molar-refractivity contribution is 0.183. The molecule has 2 aliphatic heterocycles. The molecule has 0 N–H and O–H groups in total. The smallest absolute Gasteiger partial charge is 0.194 e. The van der Waals surface area contributed by atoms with Crippen LogP contribution in [0.5, 0.6) is 0 Å². The predicted molar refractivity (Wildman–Crippen MR) is 138 cm³/mol. The molecule has 4 aromatic carbocycles. The second kappa shape index (κ2) is 9.59. The molecule has 0 fully saturated rings. The van der Waals surface area contributed by atoms with Gasteiger partial charge >= 0.3 is 0 Å². The Kier molecular flexibility index (Phi) is 5.85. The monoisotopic (exact) mass is 458 g/mol. The largest absolute Gasteiger partial charge is 0.470 e. The second-order valence-corrected chi connectivity index (χ2v) is 8.83. The standard InChI is InChI=1S/C31H26N2O2/c1-5-13-22(14-6-1)28-30(24-17-9-3-10-18-24)34-26(32-28)21-27-33-29(23-15-7-2-8-16-23)31(35-27)25-19-11-4-12-20-25/h1-20,28-31H,21H2/t28-,29+,30+,31-. The topological polar surface area (TPSA) is 43.2 Å². The molecule has 2 aliphatic rings. The molecule has 0 spiro atoms. The first-order chi connectivity index (χ1) is 17.3. The molecule has 6 rings (SSSR count). The SMILES string of the molecule is c1ccc([C@H]2N=C(CC3=N[C@@H](c4ccccc4)[C@@H](c4ccccc4)O3)O[C@H]2c2ccccc2)cc1. The second-order valence-electron chi connectivity index (χ2n) is 8.83. The van der Waals surface area contributed by atoms with Crippen molar-refractivity contribution in [3.8, 4) is 0 Å². The quantitative estimate of drug-likeness (QED) is 0.307. The molecule has 35 heavy (non-hydrogen) atoms. The molecule has 0 radical (unpaired) electrons. The van der Waals surface area contributed by atoms with Crippen molar-refractivity contribution in [2.45, 2.75) is 30.7 Å². The lowest BCUT2D eigenvalue weighted by Crippen LogP contribution is -2.13. The van der Waals surface area contributed by atoms with Crippen LogP contribution in [-0.2, 0) is 9.47 Å². The third kappa shape index (κ3) is 4.47. The summed E-state index contributed by atoms with van der Waals surface area (Å²) in [6, 6.07) is 41.0. The fraction of sp³-hybridized carbons (Fsp3) is 0.161. The zero-order valence-corrected chi connectivity index (χ0v) is 19.3. The van der Waals surface area contributed by atoms with E-state index in [1.54, 1.807) is 0 Å². The van der Waals surface area contributed by atoms with E-state index >= 15 is 0 Å². The Morgan fingerprint density at radius 1 is 0.429 bits per heavy atom. The number of benzene rings is 4. The fourth-order valence-corrected chi connectivity index (χ4v) is 4.82. The van der Waals surface area contributed by atoms with Crippen molar-refractivity contribution in [1.82, 2.24) is 0 Å². The van der Waals surface area contributed by atoms with E-state index in [4.69, 9.17) is 19.5 Å². The summed E-state index contributed by atoms with van der Waals surface area (Å²) in [5.41, 5.74) is 4.49. The van der Waals surface area contributed by atoms with Crippen LogP contribution in [0.3, 0.4) is 0 Å². The molecule has 4 aromatic rings. The molecule has 0 saturated carbocycles. The molecule has 2 heterocycles. The van der Waals surface area contributed by atoms with Gasteiger partial charge in [0.05, 0.1) is 6.42 Å². The molecule has 0 bridgehead atoms. The zero-order chi connectivity index (χ0) is 23.5. The van der Waals surface area contributed by atoms with E-state index in [0.29, 0.717) is 18.2 Å². The summed E-state index contributed by atoms with van der Waals surface area (Å²) in [5, 5.41) is 0. The van der Waals surface area contributed by atoms with Gasteiger partial charge in [-0.25, -0.2) is 9.98 Å². The van der Waals surface area contributed by atoms with Crippen LogP contribution >= 0.6 is 0 Å². The molecule has 172 valence electrons. The lowest BCUT2D eigenvalue weighted by atomic mass is 9.97. The van der Waals surface area contributed by atoms with E-state index in [1.807, 2.05) is 72.8 Å². The summed E-state index contributed by atoms with van der Waals surface area (Å²) in [6.45, 7) is 0. The van der Waals surface area contributed by atoms with Gasteiger partial charge in [0.15, 0.2) is 24.0 Å². The molecule has 0 amide bonds. The third-order valence-electron chi connectivity index (χ3n) is 6.51. The summed E-state index contributed by atoms with van der Waals surface area (Å²) in [5.74, 6) is 1.32. The summed E-state index contributed by atoms with van der Waals surface area (Å²) < 4.78 is 12.9. The fourth-order valence-electron chi connectivity index (χ4n) is 4.82. The normalized spacial score (nSPS) is 23.2. The summed E-state index contributed by atoms with van der Waals surface area (Å²) in [6.07, 6.45) is 0.0789. The highest BCUT2D eigenvalue weighted by molar-refractivity contribution is 5.98. The molecule has 4 nitrogen and oxygen atoms in total. The van der Waals surface area contributed by atoms with Crippen LogP contribution in [0.4, 0.5) is 0 Å². The van der Waals surface area contributed by atoms with Crippen LogP contribution in [0.1, 0.15) is 53.0 Å². The van der Waals surface area contributed by atoms with Crippen LogP contribution in [0.2, 0.25) is 0 Å². The average Bonchev–Trinajstić information content (AvgIpc) is 3.56. The lowest BCUT2D eigenvalue weighted by Gasteiger charge is -2.19. The van der Waals surface area contributed by atoms with Crippen molar-refractivity contribution in [3.05, 3.63) is 144 Å². The highest BCUT2D eigenvalue weighted by Crippen LogP contribution is 2.43. The van der Waals surface area contributed by atoms with Gasteiger partial charge in [0.25, 0.3) is 0 Å². The van der Waals surface area contributed by atoms with E-state index in [1.165, 1.54) is 0 Å². The van der Waals surface area contributed by atoms with Crippen molar-refractivity contribution < 1.29 is 9.47 Å². The minimum Gasteiger partial charge on any atom is -0.470 e. The first-order valence-corrected chi connectivity index (χ1v) is 12.0. The van der Waals surface area contributed by atoms with Crippen LogP contribution in [0, 0.1) is 0 Å². The third-order valence-corrected chi connectivity index (χ3v) is 6.51. The maximum atomic E-state index is 6.45. The molecule has 0 unspecified atom stereocenters. The Labute approximate surface area is 205 Å². The maximum absolute atomic E-state index is 6.45. The Morgan fingerprint density at radius 2 is 0.743 bits per heavy atom. The van der Waals surface area contributed by atoms with Gasteiger partial charge in [-0.1, -0.05) is 121 Å². The Morgan fingerprint density at radius 3 is 1.09 bits per heavy atom. The average molecular weight is 459 g/mol.